The number of halogens is 1. The third kappa shape index (κ3) is 2.61. The maximum absolute atomic E-state index is 11.5. The van der Waals surface area contributed by atoms with Crippen molar-refractivity contribution in [3.8, 4) is 0 Å². The molecule has 18 heavy (non-hydrogen) atoms. The molecule has 3 nitrogen and oxygen atoms in total. The lowest BCUT2D eigenvalue weighted by atomic mass is 10.0. The van der Waals surface area contributed by atoms with Crippen LogP contribution in [0.25, 0.3) is 0 Å². The topological polar surface area (TPSA) is 38.3 Å². The van der Waals surface area contributed by atoms with E-state index in [0.29, 0.717) is 22.0 Å². The zero-order valence-corrected chi connectivity index (χ0v) is 11.7. The van der Waals surface area contributed by atoms with E-state index >= 15 is 0 Å². The Balaban J connectivity index is 2.18. The predicted molar refractivity (Wildman–Crippen MR) is 73.2 cm³/mol. The van der Waals surface area contributed by atoms with Gasteiger partial charge in [0.2, 0.25) is 0 Å². The lowest BCUT2D eigenvalue weighted by Gasteiger charge is -2.22. The van der Waals surface area contributed by atoms with E-state index in [1.54, 1.807) is 18.2 Å². The Morgan fingerprint density at radius 3 is 2.72 bits per heavy atom. The molecule has 98 valence electrons. The number of carbonyl (C=O) groups excluding carboxylic acids is 1. The van der Waals surface area contributed by atoms with Gasteiger partial charge >= 0.3 is 5.97 Å². The highest BCUT2D eigenvalue weighted by Gasteiger charge is 2.42. The van der Waals surface area contributed by atoms with Crippen LogP contribution in [0.2, 0.25) is 5.02 Å². The van der Waals surface area contributed by atoms with Gasteiger partial charge in [-0.15, -0.1) is 0 Å². The van der Waals surface area contributed by atoms with Crippen LogP contribution in [0, 0.1) is 5.41 Å². The molecule has 1 aliphatic rings. The van der Waals surface area contributed by atoms with Crippen LogP contribution in [0.5, 0.6) is 0 Å². The molecular weight excluding hydrogens is 250 g/mol. The van der Waals surface area contributed by atoms with Crippen molar-refractivity contribution >= 4 is 23.3 Å². The number of esters is 1. The van der Waals surface area contributed by atoms with Crippen molar-refractivity contribution < 1.29 is 9.53 Å². The minimum absolute atomic E-state index is 0.336. The van der Waals surface area contributed by atoms with Gasteiger partial charge in [-0.3, -0.25) is 0 Å². The second kappa shape index (κ2) is 4.81. The molecule has 1 atom stereocenters. The van der Waals surface area contributed by atoms with E-state index < -0.39 is 0 Å². The van der Waals surface area contributed by atoms with Crippen LogP contribution in [-0.4, -0.2) is 19.1 Å². The molecule has 1 unspecified atom stereocenters. The van der Waals surface area contributed by atoms with Crippen molar-refractivity contribution in [2.75, 3.05) is 12.4 Å². The third-order valence-corrected chi connectivity index (χ3v) is 4.17. The number of hydrogen-bond acceptors (Lipinski definition) is 3. The van der Waals surface area contributed by atoms with Crippen LogP contribution in [0.3, 0.4) is 0 Å². The van der Waals surface area contributed by atoms with Gasteiger partial charge in [-0.25, -0.2) is 4.79 Å². The average Bonchev–Trinajstić information content (AvgIpc) is 3.10. The van der Waals surface area contributed by atoms with Crippen molar-refractivity contribution in [2.24, 2.45) is 5.41 Å². The number of rotatable bonds is 4. The maximum atomic E-state index is 11.5. The largest absolute Gasteiger partial charge is 0.465 e. The predicted octanol–water partition coefficient (Wildman–Crippen LogP) is 3.73. The number of methoxy groups -OCH3 is 1. The number of ether oxygens (including phenoxy) is 1. The second-order valence-electron chi connectivity index (χ2n) is 5.21. The molecule has 0 bridgehead atoms. The van der Waals surface area contributed by atoms with Crippen LogP contribution >= 0.6 is 11.6 Å². The number of benzene rings is 1. The van der Waals surface area contributed by atoms with Gasteiger partial charge in [0, 0.05) is 6.04 Å². The summed E-state index contributed by atoms with van der Waals surface area (Å²) in [5.74, 6) is -0.347. The van der Waals surface area contributed by atoms with Crippen molar-refractivity contribution in [1.29, 1.82) is 0 Å². The molecule has 1 aromatic carbocycles. The summed E-state index contributed by atoms with van der Waals surface area (Å²) in [7, 11) is 1.37. The first-order valence-electron chi connectivity index (χ1n) is 6.11. The Kier molecular flexibility index (Phi) is 3.53. The Morgan fingerprint density at radius 1 is 1.50 bits per heavy atom. The van der Waals surface area contributed by atoms with E-state index in [1.807, 2.05) is 0 Å². The van der Waals surface area contributed by atoms with E-state index in [1.165, 1.54) is 20.0 Å². The fourth-order valence-electron chi connectivity index (χ4n) is 1.92. The first-order valence-corrected chi connectivity index (χ1v) is 6.48. The summed E-state index contributed by atoms with van der Waals surface area (Å²) in [4.78, 5) is 11.5. The molecule has 1 saturated carbocycles. The van der Waals surface area contributed by atoms with Crippen molar-refractivity contribution in [3.63, 3.8) is 0 Å². The molecule has 0 aliphatic heterocycles. The standard InChI is InChI=1S/C14H18ClNO2/c1-9(14(2)6-7-14)16-12-8-10(13(17)18-3)4-5-11(12)15/h4-5,8-9,16H,6-7H2,1-3H3. The lowest BCUT2D eigenvalue weighted by Crippen LogP contribution is -2.25. The number of carbonyl (C=O) groups is 1. The highest BCUT2D eigenvalue weighted by Crippen LogP contribution is 2.49. The lowest BCUT2D eigenvalue weighted by molar-refractivity contribution is 0.0601. The SMILES string of the molecule is COC(=O)c1ccc(Cl)c(NC(C)C2(C)CC2)c1. The first-order chi connectivity index (χ1) is 8.46. The summed E-state index contributed by atoms with van der Waals surface area (Å²) in [6.07, 6.45) is 2.46. The molecule has 0 amide bonds. The summed E-state index contributed by atoms with van der Waals surface area (Å²) < 4.78 is 4.71. The molecule has 1 N–H and O–H groups in total. The summed E-state index contributed by atoms with van der Waals surface area (Å²) >= 11 is 6.14. The Hall–Kier alpha value is -1.22. The van der Waals surface area contributed by atoms with E-state index in [2.05, 4.69) is 19.2 Å². The molecule has 1 fully saturated rings. The summed E-state index contributed by atoms with van der Waals surface area (Å²) in [6.45, 7) is 4.40. The van der Waals surface area contributed by atoms with E-state index in [9.17, 15) is 4.79 Å². The van der Waals surface area contributed by atoms with Gasteiger partial charge < -0.3 is 10.1 Å². The van der Waals surface area contributed by atoms with Gasteiger partial charge in [0.1, 0.15) is 0 Å². The molecule has 2 rings (SSSR count). The fraction of sp³-hybridized carbons (Fsp3) is 0.500. The summed E-state index contributed by atoms with van der Waals surface area (Å²) in [5, 5.41) is 4.02. The maximum Gasteiger partial charge on any atom is 0.337 e. The number of anilines is 1. The van der Waals surface area contributed by atoms with Gasteiger partial charge in [-0.2, -0.15) is 0 Å². The van der Waals surface area contributed by atoms with Gasteiger partial charge in [0.15, 0.2) is 0 Å². The zero-order valence-electron chi connectivity index (χ0n) is 10.9. The Labute approximate surface area is 112 Å². The first kappa shape index (κ1) is 13.2. The molecule has 0 radical (unpaired) electrons. The van der Waals surface area contributed by atoms with E-state index in [-0.39, 0.29) is 5.97 Å². The molecule has 0 spiro atoms. The fourth-order valence-corrected chi connectivity index (χ4v) is 2.09. The van der Waals surface area contributed by atoms with Crippen LogP contribution in [-0.2, 0) is 4.74 Å². The summed E-state index contributed by atoms with van der Waals surface area (Å²) in [5.41, 5.74) is 1.66. The third-order valence-electron chi connectivity index (χ3n) is 3.84. The molecule has 1 aromatic rings. The normalized spacial score (nSPS) is 18.0. The van der Waals surface area contributed by atoms with Gasteiger partial charge in [-0.05, 0) is 43.4 Å². The highest BCUT2D eigenvalue weighted by molar-refractivity contribution is 6.33. The molecule has 0 aromatic heterocycles. The van der Waals surface area contributed by atoms with Crippen molar-refractivity contribution in [3.05, 3.63) is 28.8 Å². The van der Waals surface area contributed by atoms with Gasteiger partial charge in [-0.1, -0.05) is 18.5 Å². The second-order valence-corrected chi connectivity index (χ2v) is 5.61. The summed E-state index contributed by atoms with van der Waals surface area (Å²) in [6, 6.07) is 5.47. The number of nitrogens with one attached hydrogen (secondary N) is 1. The molecule has 0 saturated heterocycles. The van der Waals surface area contributed by atoms with E-state index in [4.69, 9.17) is 16.3 Å². The number of hydrogen-bond donors (Lipinski definition) is 1. The van der Waals surface area contributed by atoms with Crippen LogP contribution in [0.4, 0.5) is 5.69 Å². The quantitative estimate of drug-likeness (QED) is 0.845. The molecule has 1 aliphatic carbocycles. The highest BCUT2D eigenvalue weighted by atomic mass is 35.5. The Bertz CT molecular complexity index is 469. The van der Waals surface area contributed by atoms with Crippen LogP contribution in [0.15, 0.2) is 18.2 Å². The molecule has 4 heteroatoms. The van der Waals surface area contributed by atoms with Crippen molar-refractivity contribution in [2.45, 2.75) is 32.7 Å². The average molecular weight is 268 g/mol. The molecule has 0 heterocycles. The minimum Gasteiger partial charge on any atom is -0.465 e. The van der Waals surface area contributed by atoms with Crippen LogP contribution in [0.1, 0.15) is 37.0 Å². The van der Waals surface area contributed by atoms with E-state index in [0.717, 1.165) is 5.69 Å². The smallest absolute Gasteiger partial charge is 0.337 e. The monoisotopic (exact) mass is 267 g/mol. The van der Waals surface area contributed by atoms with Gasteiger partial charge in [0.25, 0.3) is 0 Å². The Morgan fingerprint density at radius 2 is 2.17 bits per heavy atom. The van der Waals surface area contributed by atoms with Crippen molar-refractivity contribution in [1.82, 2.24) is 0 Å². The van der Waals surface area contributed by atoms with Crippen LogP contribution < -0.4 is 5.32 Å². The zero-order chi connectivity index (χ0) is 13.3. The minimum atomic E-state index is -0.347. The van der Waals surface area contributed by atoms with Gasteiger partial charge in [0.05, 0.1) is 23.4 Å². The molecular formula is C14H18ClNO2.